The summed E-state index contributed by atoms with van der Waals surface area (Å²) in [7, 11) is 0. The zero-order valence-corrected chi connectivity index (χ0v) is 10.5. The molecule has 0 bridgehead atoms. The summed E-state index contributed by atoms with van der Waals surface area (Å²) < 4.78 is 1.31. The quantitative estimate of drug-likeness (QED) is 0.808. The van der Waals surface area contributed by atoms with Gasteiger partial charge in [-0.2, -0.15) is 0 Å². The van der Waals surface area contributed by atoms with Gasteiger partial charge in [-0.15, -0.1) is 0 Å². The van der Waals surface area contributed by atoms with E-state index < -0.39 is 0 Å². The van der Waals surface area contributed by atoms with Gasteiger partial charge in [-0.3, -0.25) is 9.36 Å². The average molecular weight is 260 g/mol. The highest BCUT2D eigenvalue weighted by Crippen LogP contribution is 2.26. The summed E-state index contributed by atoms with van der Waals surface area (Å²) >= 11 is 0. The number of para-hydroxylation sites is 1. The van der Waals surface area contributed by atoms with Gasteiger partial charge in [-0.1, -0.05) is 12.1 Å². The molecule has 3 rings (SSSR count). The number of nitrogens with zero attached hydrogens (tertiary/aromatic N) is 1. The molecule has 1 aliphatic carbocycles. The molecule has 100 valence electrons. The lowest BCUT2D eigenvalue weighted by atomic mass is 9.93. The van der Waals surface area contributed by atoms with Crippen molar-refractivity contribution in [1.29, 1.82) is 0 Å². The Morgan fingerprint density at radius 1 is 1.11 bits per heavy atom. The van der Waals surface area contributed by atoms with Gasteiger partial charge in [0.15, 0.2) is 0 Å². The molecule has 1 aromatic carbocycles. The standard InChI is InChI=1S/C14H16N2O3/c17-10-7-5-9(6-8-10)16-13(18)11-3-1-2-4-12(11)15-14(16)19/h1-4,9-10,17H,5-8H2,(H,15,19). The van der Waals surface area contributed by atoms with Gasteiger partial charge in [-0.25, -0.2) is 4.79 Å². The summed E-state index contributed by atoms with van der Waals surface area (Å²) in [5.41, 5.74) is -0.0181. The van der Waals surface area contributed by atoms with E-state index in [0.717, 1.165) is 0 Å². The Balaban J connectivity index is 2.14. The predicted octanol–water partition coefficient (Wildman–Crippen LogP) is 1.17. The first kappa shape index (κ1) is 12.2. The number of H-pyrrole nitrogens is 1. The van der Waals surface area contributed by atoms with E-state index in [2.05, 4.69) is 4.98 Å². The Kier molecular flexibility index (Phi) is 2.98. The van der Waals surface area contributed by atoms with Gasteiger partial charge in [0.05, 0.1) is 17.0 Å². The van der Waals surface area contributed by atoms with Gasteiger partial charge in [0.25, 0.3) is 5.56 Å². The van der Waals surface area contributed by atoms with Crippen LogP contribution < -0.4 is 11.2 Å². The summed E-state index contributed by atoms with van der Waals surface area (Å²) in [5, 5.41) is 10.0. The molecule has 1 fully saturated rings. The van der Waals surface area contributed by atoms with Crippen LogP contribution in [0.15, 0.2) is 33.9 Å². The summed E-state index contributed by atoms with van der Waals surface area (Å²) in [4.78, 5) is 27.2. The van der Waals surface area contributed by atoms with Crippen LogP contribution in [0.2, 0.25) is 0 Å². The fraction of sp³-hybridized carbons (Fsp3) is 0.429. The zero-order valence-electron chi connectivity index (χ0n) is 10.5. The second-order valence-corrected chi connectivity index (χ2v) is 5.11. The van der Waals surface area contributed by atoms with Crippen LogP contribution in [0.25, 0.3) is 10.9 Å². The molecular formula is C14H16N2O3. The van der Waals surface area contributed by atoms with Crippen molar-refractivity contribution in [2.45, 2.75) is 37.8 Å². The van der Waals surface area contributed by atoms with Crippen LogP contribution in [0.5, 0.6) is 0 Å². The fourth-order valence-corrected chi connectivity index (χ4v) is 2.82. The third kappa shape index (κ3) is 2.10. The molecule has 5 nitrogen and oxygen atoms in total. The molecule has 0 spiro atoms. The van der Waals surface area contributed by atoms with Crippen LogP contribution in [0.4, 0.5) is 0 Å². The topological polar surface area (TPSA) is 75.1 Å². The number of hydrogen-bond acceptors (Lipinski definition) is 3. The average Bonchev–Trinajstić information content (AvgIpc) is 2.41. The van der Waals surface area contributed by atoms with E-state index in [1.54, 1.807) is 24.3 Å². The van der Waals surface area contributed by atoms with Crippen LogP contribution in [0.1, 0.15) is 31.7 Å². The lowest BCUT2D eigenvalue weighted by Gasteiger charge is -2.26. The Morgan fingerprint density at radius 3 is 2.53 bits per heavy atom. The highest BCUT2D eigenvalue weighted by molar-refractivity contribution is 5.76. The SMILES string of the molecule is O=c1[nH]c2ccccc2c(=O)n1C1CCC(O)CC1. The first-order chi connectivity index (χ1) is 9.16. The monoisotopic (exact) mass is 260 g/mol. The third-order valence-electron chi connectivity index (χ3n) is 3.87. The van der Waals surface area contributed by atoms with Crippen LogP contribution >= 0.6 is 0 Å². The Labute approximate surface area is 109 Å². The van der Waals surface area contributed by atoms with Crippen LogP contribution in [-0.4, -0.2) is 20.8 Å². The van der Waals surface area contributed by atoms with E-state index >= 15 is 0 Å². The minimum Gasteiger partial charge on any atom is -0.393 e. The van der Waals surface area contributed by atoms with E-state index in [0.29, 0.717) is 36.6 Å². The molecule has 0 saturated heterocycles. The number of hydrogen-bond donors (Lipinski definition) is 2. The maximum atomic E-state index is 12.4. The molecule has 5 heteroatoms. The van der Waals surface area contributed by atoms with E-state index in [9.17, 15) is 14.7 Å². The number of benzene rings is 1. The summed E-state index contributed by atoms with van der Waals surface area (Å²) in [6.07, 6.45) is 2.32. The molecule has 2 N–H and O–H groups in total. The molecule has 1 aliphatic rings. The minimum atomic E-state index is -0.356. The molecule has 2 aromatic rings. The van der Waals surface area contributed by atoms with Crippen molar-refractivity contribution < 1.29 is 5.11 Å². The zero-order chi connectivity index (χ0) is 13.4. The molecule has 0 unspecified atom stereocenters. The highest BCUT2D eigenvalue weighted by Gasteiger charge is 2.23. The predicted molar refractivity (Wildman–Crippen MR) is 72.3 cm³/mol. The number of fused-ring (bicyclic) bond motifs is 1. The first-order valence-corrected chi connectivity index (χ1v) is 6.58. The van der Waals surface area contributed by atoms with Crippen LogP contribution in [-0.2, 0) is 0 Å². The largest absolute Gasteiger partial charge is 0.393 e. The van der Waals surface area contributed by atoms with Gasteiger partial charge in [0, 0.05) is 6.04 Å². The van der Waals surface area contributed by atoms with E-state index in [1.165, 1.54) is 4.57 Å². The summed E-state index contributed by atoms with van der Waals surface area (Å²) in [5.74, 6) is 0. The minimum absolute atomic E-state index is 0.107. The maximum Gasteiger partial charge on any atom is 0.329 e. The number of aromatic amines is 1. The van der Waals surface area contributed by atoms with Crippen molar-refractivity contribution in [3.8, 4) is 0 Å². The van der Waals surface area contributed by atoms with Gasteiger partial charge in [0.2, 0.25) is 0 Å². The van der Waals surface area contributed by atoms with Crippen LogP contribution in [0, 0.1) is 0 Å². The Morgan fingerprint density at radius 2 is 1.79 bits per heavy atom. The van der Waals surface area contributed by atoms with Crippen LogP contribution in [0.3, 0.4) is 0 Å². The highest BCUT2D eigenvalue weighted by atomic mass is 16.3. The molecule has 0 amide bonds. The number of aromatic nitrogens is 2. The molecule has 0 radical (unpaired) electrons. The van der Waals surface area contributed by atoms with E-state index in [-0.39, 0.29) is 23.4 Å². The maximum absolute atomic E-state index is 12.4. The van der Waals surface area contributed by atoms with Crippen molar-refractivity contribution in [2.24, 2.45) is 0 Å². The van der Waals surface area contributed by atoms with Crippen molar-refractivity contribution in [3.63, 3.8) is 0 Å². The molecule has 19 heavy (non-hydrogen) atoms. The van der Waals surface area contributed by atoms with Gasteiger partial charge in [0.1, 0.15) is 0 Å². The Bertz CT molecular complexity index is 708. The van der Waals surface area contributed by atoms with Gasteiger partial charge in [-0.05, 0) is 37.8 Å². The summed E-state index contributed by atoms with van der Waals surface area (Å²) in [6.45, 7) is 0. The van der Waals surface area contributed by atoms with Gasteiger partial charge >= 0.3 is 5.69 Å². The number of rotatable bonds is 1. The number of aliphatic hydroxyl groups excluding tert-OH is 1. The second kappa shape index (κ2) is 4.66. The van der Waals surface area contributed by atoms with Crippen molar-refractivity contribution in [3.05, 3.63) is 45.1 Å². The molecular weight excluding hydrogens is 244 g/mol. The van der Waals surface area contributed by atoms with Crippen molar-refractivity contribution >= 4 is 10.9 Å². The molecule has 0 aliphatic heterocycles. The Hall–Kier alpha value is -1.88. The lowest BCUT2D eigenvalue weighted by molar-refractivity contribution is 0.109. The number of aliphatic hydroxyl groups is 1. The first-order valence-electron chi connectivity index (χ1n) is 6.58. The third-order valence-corrected chi connectivity index (χ3v) is 3.87. The fourth-order valence-electron chi connectivity index (χ4n) is 2.82. The molecule has 0 atom stereocenters. The normalized spacial score (nSPS) is 23.6. The van der Waals surface area contributed by atoms with E-state index in [4.69, 9.17) is 0 Å². The lowest BCUT2D eigenvalue weighted by Crippen LogP contribution is -2.39. The summed E-state index contributed by atoms with van der Waals surface area (Å²) in [6, 6.07) is 6.93. The second-order valence-electron chi connectivity index (χ2n) is 5.11. The van der Waals surface area contributed by atoms with Crippen molar-refractivity contribution in [1.82, 2.24) is 9.55 Å². The van der Waals surface area contributed by atoms with Crippen molar-refractivity contribution in [2.75, 3.05) is 0 Å². The number of nitrogens with one attached hydrogen (secondary N) is 1. The molecule has 1 heterocycles. The smallest absolute Gasteiger partial charge is 0.329 e. The van der Waals surface area contributed by atoms with E-state index in [1.807, 2.05) is 0 Å². The molecule has 1 saturated carbocycles. The molecule has 1 aromatic heterocycles. The van der Waals surface area contributed by atoms with Gasteiger partial charge < -0.3 is 10.1 Å².